The number of amides is 1. The monoisotopic (exact) mass is 384 g/mol. The van der Waals surface area contributed by atoms with Crippen LogP contribution in [0.4, 0.5) is 5.69 Å². The summed E-state index contributed by atoms with van der Waals surface area (Å²) in [6.07, 6.45) is 1.63. The van der Waals surface area contributed by atoms with Crippen LogP contribution in [0.1, 0.15) is 36.7 Å². The van der Waals surface area contributed by atoms with Gasteiger partial charge in [0.05, 0.1) is 17.6 Å². The van der Waals surface area contributed by atoms with Gasteiger partial charge in [-0.05, 0) is 37.0 Å². The first-order valence-corrected chi connectivity index (χ1v) is 9.83. The maximum absolute atomic E-state index is 12.5. The van der Waals surface area contributed by atoms with Crippen LogP contribution >= 0.6 is 11.8 Å². The number of hydrogen-bond acceptors (Lipinski definition) is 5. The van der Waals surface area contributed by atoms with Gasteiger partial charge >= 0.3 is 0 Å². The number of carbonyl (C=O) groups is 1. The first-order chi connectivity index (χ1) is 12.9. The van der Waals surface area contributed by atoms with E-state index >= 15 is 0 Å². The summed E-state index contributed by atoms with van der Waals surface area (Å²) in [5.41, 5.74) is 4.02. The molecule has 0 aliphatic heterocycles. The van der Waals surface area contributed by atoms with Gasteiger partial charge in [0.2, 0.25) is 5.91 Å². The zero-order valence-electron chi connectivity index (χ0n) is 16.2. The van der Waals surface area contributed by atoms with Gasteiger partial charge in [0.1, 0.15) is 5.76 Å². The van der Waals surface area contributed by atoms with Crippen molar-refractivity contribution in [2.24, 2.45) is 7.05 Å². The van der Waals surface area contributed by atoms with Crippen LogP contribution in [0.2, 0.25) is 0 Å². The van der Waals surface area contributed by atoms with Crippen molar-refractivity contribution in [3.05, 3.63) is 47.4 Å². The van der Waals surface area contributed by atoms with Gasteiger partial charge in [0.25, 0.3) is 0 Å². The van der Waals surface area contributed by atoms with Crippen LogP contribution in [0.5, 0.6) is 0 Å². The van der Waals surface area contributed by atoms with Crippen molar-refractivity contribution < 1.29 is 9.21 Å². The molecule has 6 nitrogen and oxygen atoms in total. The number of hydrogen-bond donors (Lipinski definition) is 1. The van der Waals surface area contributed by atoms with Crippen molar-refractivity contribution in [3.63, 3.8) is 0 Å². The molecule has 1 amide bonds. The SMILES string of the molecule is Cc1cccc(C(C)C)c1NC(=O)CSc1nnc(-c2ccoc2C)n1C. The van der Waals surface area contributed by atoms with Gasteiger partial charge in [-0.25, -0.2) is 0 Å². The molecule has 1 N–H and O–H groups in total. The maximum Gasteiger partial charge on any atom is 0.234 e. The predicted octanol–water partition coefficient (Wildman–Crippen LogP) is 4.55. The van der Waals surface area contributed by atoms with Crippen molar-refractivity contribution in [2.45, 2.75) is 38.8 Å². The Kier molecular flexibility index (Phi) is 5.70. The highest BCUT2D eigenvalue weighted by Gasteiger charge is 2.17. The first kappa shape index (κ1) is 19.2. The first-order valence-electron chi connectivity index (χ1n) is 8.84. The fourth-order valence-corrected chi connectivity index (χ4v) is 3.65. The number of nitrogens with zero attached hydrogens (tertiary/aromatic N) is 3. The summed E-state index contributed by atoms with van der Waals surface area (Å²) in [4.78, 5) is 12.5. The zero-order chi connectivity index (χ0) is 19.6. The van der Waals surface area contributed by atoms with Crippen LogP contribution < -0.4 is 5.32 Å². The molecule has 0 spiro atoms. The Morgan fingerprint density at radius 1 is 1.26 bits per heavy atom. The molecular weight excluding hydrogens is 360 g/mol. The number of rotatable bonds is 6. The molecule has 3 aromatic rings. The Hall–Kier alpha value is -2.54. The summed E-state index contributed by atoms with van der Waals surface area (Å²) >= 11 is 1.37. The largest absolute Gasteiger partial charge is 0.469 e. The van der Waals surface area contributed by atoms with Gasteiger partial charge in [0, 0.05) is 12.7 Å². The second-order valence-corrected chi connectivity index (χ2v) is 7.73. The molecule has 2 heterocycles. The van der Waals surface area contributed by atoms with E-state index in [4.69, 9.17) is 4.42 Å². The van der Waals surface area contributed by atoms with Crippen molar-refractivity contribution >= 4 is 23.4 Å². The van der Waals surface area contributed by atoms with Crippen LogP contribution in [0.3, 0.4) is 0 Å². The summed E-state index contributed by atoms with van der Waals surface area (Å²) in [5.74, 6) is 2.07. The molecular formula is C20H24N4O2S. The fourth-order valence-electron chi connectivity index (χ4n) is 2.94. The third-order valence-corrected chi connectivity index (χ3v) is 5.48. The minimum absolute atomic E-state index is 0.0553. The van der Waals surface area contributed by atoms with Crippen molar-refractivity contribution in [3.8, 4) is 11.4 Å². The molecule has 0 atom stereocenters. The molecule has 1 aromatic carbocycles. The Morgan fingerprint density at radius 3 is 2.70 bits per heavy atom. The van der Waals surface area contributed by atoms with Gasteiger partial charge in [-0.1, -0.05) is 43.8 Å². The molecule has 7 heteroatoms. The Balaban J connectivity index is 1.69. The number of carbonyl (C=O) groups excluding carboxylic acids is 1. The molecule has 0 aliphatic rings. The quantitative estimate of drug-likeness (QED) is 0.631. The van der Waals surface area contributed by atoms with Crippen molar-refractivity contribution in [1.29, 1.82) is 0 Å². The second-order valence-electron chi connectivity index (χ2n) is 6.79. The smallest absolute Gasteiger partial charge is 0.234 e. The number of aryl methyl sites for hydroxylation is 2. The summed E-state index contributed by atoms with van der Waals surface area (Å²) in [5, 5.41) is 12.2. The molecule has 0 saturated heterocycles. The minimum Gasteiger partial charge on any atom is -0.469 e. The number of nitrogens with one attached hydrogen (secondary N) is 1. The van der Waals surface area contributed by atoms with E-state index in [0.717, 1.165) is 34.0 Å². The van der Waals surface area contributed by atoms with E-state index in [-0.39, 0.29) is 11.7 Å². The summed E-state index contributed by atoms with van der Waals surface area (Å²) in [6.45, 7) is 8.14. The molecule has 0 fully saturated rings. The summed E-state index contributed by atoms with van der Waals surface area (Å²) in [6, 6.07) is 7.96. The maximum atomic E-state index is 12.5. The number of para-hydroxylation sites is 1. The van der Waals surface area contributed by atoms with Crippen molar-refractivity contribution in [2.75, 3.05) is 11.1 Å². The van der Waals surface area contributed by atoms with E-state index < -0.39 is 0 Å². The molecule has 2 aromatic heterocycles. The molecule has 0 bridgehead atoms. The average Bonchev–Trinajstić information content (AvgIpc) is 3.20. The molecule has 27 heavy (non-hydrogen) atoms. The van der Waals surface area contributed by atoms with E-state index in [0.29, 0.717) is 11.1 Å². The van der Waals surface area contributed by atoms with E-state index in [1.165, 1.54) is 11.8 Å². The van der Waals surface area contributed by atoms with E-state index in [1.807, 2.05) is 43.7 Å². The molecule has 0 radical (unpaired) electrons. The lowest BCUT2D eigenvalue weighted by molar-refractivity contribution is -0.113. The minimum atomic E-state index is -0.0553. The fraction of sp³-hybridized carbons (Fsp3) is 0.350. The average molecular weight is 385 g/mol. The topological polar surface area (TPSA) is 73.0 Å². The lowest BCUT2D eigenvalue weighted by atomic mass is 9.98. The van der Waals surface area contributed by atoms with Gasteiger partial charge in [-0.3, -0.25) is 4.79 Å². The van der Waals surface area contributed by atoms with Gasteiger partial charge < -0.3 is 14.3 Å². The zero-order valence-corrected chi connectivity index (χ0v) is 17.1. The van der Waals surface area contributed by atoms with E-state index in [2.05, 4.69) is 35.4 Å². The Morgan fingerprint density at radius 2 is 2.04 bits per heavy atom. The van der Waals surface area contributed by atoms with Gasteiger partial charge in [0.15, 0.2) is 11.0 Å². The van der Waals surface area contributed by atoms with Gasteiger partial charge in [-0.2, -0.15) is 0 Å². The van der Waals surface area contributed by atoms with Crippen molar-refractivity contribution in [1.82, 2.24) is 14.8 Å². The molecule has 0 unspecified atom stereocenters. The number of thioether (sulfide) groups is 1. The Labute approximate surface area is 163 Å². The number of furan rings is 1. The van der Waals surface area contributed by atoms with Crippen LogP contribution in [0, 0.1) is 13.8 Å². The van der Waals surface area contributed by atoms with Crippen LogP contribution in [-0.4, -0.2) is 26.4 Å². The highest BCUT2D eigenvalue weighted by molar-refractivity contribution is 7.99. The number of benzene rings is 1. The Bertz CT molecular complexity index is 959. The standard InChI is InChI=1S/C20H24N4O2S/c1-12(2)15-8-6-7-13(3)18(15)21-17(25)11-27-20-23-22-19(24(20)5)16-9-10-26-14(16)4/h6-10,12H,11H2,1-5H3,(H,21,25). The summed E-state index contributed by atoms with van der Waals surface area (Å²) in [7, 11) is 1.89. The highest BCUT2D eigenvalue weighted by Crippen LogP contribution is 2.29. The molecule has 0 aliphatic carbocycles. The number of aromatic nitrogens is 3. The third kappa shape index (κ3) is 4.08. The normalized spacial score (nSPS) is 11.2. The van der Waals surface area contributed by atoms with E-state index in [9.17, 15) is 4.79 Å². The third-order valence-electron chi connectivity index (χ3n) is 4.46. The summed E-state index contributed by atoms with van der Waals surface area (Å²) < 4.78 is 7.22. The van der Waals surface area contributed by atoms with Crippen LogP contribution in [0.25, 0.3) is 11.4 Å². The lowest BCUT2D eigenvalue weighted by Crippen LogP contribution is -2.17. The van der Waals surface area contributed by atoms with E-state index in [1.54, 1.807) is 6.26 Å². The predicted molar refractivity (Wildman–Crippen MR) is 108 cm³/mol. The highest BCUT2D eigenvalue weighted by atomic mass is 32.2. The molecule has 0 saturated carbocycles. The van der Waals surface area contributed by atoms with Crippen LogP contribution in [0.15, 0.2) is 40.1 Å². The number of anilines is 1. The molecule has 3 rings (SSSR count). The molecule has 142 valence electrons. The van der Waals surface area contributed by atoms with Crippen LogP contribution in [-0.2, 0) is 11.8 Å². The second kappa shape index (κ2) is 8.00. The lowest BCUT2D eigenvalue weighted by Gasteiger charge is -2.16. The van der Waals surface area contributed by atoms with Gasteiger partial charge in [-0.15, -0.1) is 10.2 Å².